The topological polar surface area (TPSA) is 74.3 Å². The van der Waals surface area contributed by atoms with Crippen LogP contribution in [0.1, 0.15) is 49.1 Å². The van der Waals surface area contributed by atoms with E-state index in [-0.39, 0.29) is 18.0 Å². The number of hydrogen-bond donors (Lipinski definition) is 2. The summed E-state index contributed by atoms with van der Waals surface area (Å²) in [6.45, 7) is 6.93. The second-order valence-corrected chi connectivity index (χ2v) is 7.77. The summed E-state index contributed by atoms with van der Waals surface area (Å²) in [5.74, 6) is -0.173. The van der Waals surface area contributed by atoms with Crippen molar-refractivity contribution < 1.29 is 9.59 Å². The smallest absolute Gasteiger partial charge is 0.322 e. The predicted octanol–water partition coefficient (Wildman–Crippen LogP) is 4.77. The van der Waals surface area contributed by atoms with E-state index in [1.54, 1.807) is 34.5 Å². The van der Waals surface area contributed by atoms with Gasteiger partial charge in [0.05, 0.1) is 6.54 Å². The first-order valence-electron chi connectivity index (χ1n) is 8.96. The summed E-state index contributed by atoms with van der Waals surface area (Å²) in [7, 11) is 0. The average Bonchev–Trinajstić information content (AvgIpc) is 3.10. The lowest BCUT2D eigenvalue weighted by atomic mass is 10.3. The number of aromatic nitrogens is 1. The molecule has 6 nitrogen and oxygen atoms in total. The highest BCUT2D eigenvalue weighted by Gasteiger charge is 2.20. The van der Waals surface area contributed by atoms with Gasteiger partial charge in [-0.2, -0.15) is 0 Å². The highest BCUT2D eigenvalue weighted by Crippen LogP contribution is 2.17. The van der Waals surface area contributed by atoms with Crippen LogP contribution in [0.4, 0.5) is 10.5 Å². The highest BCUT2D eigenvalue weighted by molar-refractivity contribution is 7.09. The van der Waals surface area contributed by atoms with Crippen molar-refractivity contribution in [2.24, 2.45) is 0 Å². The quantitative estimate of drug-likeness (QED) is 0.618. The van der Waals surface area contributed by atoms with Crippen LogP contribution >= 0.6 is 22.9 Å². The second-order valence-electron chi connectivity index (χ2n) is 6.39. The first-order valence-corrected chi connectivity index (χ1v) is 10.2. The lowest BCUT2D eigenvalue weighted by Gasteiger charge is -2.26. The van der Waals surface area contributed by atoms with E-state index in [1.165, 1.54) is 11.3 Å². The Morgan fingerprint density at radius 3 is 2.59 bits per heavy atom. The molecule has 0 saturated heterocycles. The first kappa shape index (κ1) is 21.2. The summed E-state index contributed by atoms with van der Waals surface area (Å²) in [4.78, 5) is 30.8. The van der Waals surface area contributed by atoms with Gasteiger partial charge < -0.3 is 15.5 Å². The third-order valence-electron chi connectivity index (χ3n) is 3.89. The summed E-state index contributed by atoms with van der Waals surface area (Å²) in [5, 5.41) is 8.77. The Bertz CT molecular complexity index is 761. The molecule has 0 spiro atoms. The molecule has 0 radical (unpaired) electrons. The van der Waals surface area contributed by atoms with Crippen molar-refractivity contribution in [1.29, 1.82) is 0 Å². The van der Waals surface area contributed by atoms with Crippen LogP contribution in [0, 0.1) is 0 Å². The fraction of sp³-hybridized carbons (Fsp3) is 0.421. The maximum Gasteiger partial charge on any atom is 0.322 e. The molecule has 2 N–H and O–H groups in total. The molecular weight excluding hydrogens is 384 g/mol. The Hall–Kier alpha value is -2.12. The SMILES string of the molecule is CCCCNC(=O)c1csc(CN(C(=O)Nc2ccc(Cl)cc2)C(C)C)n1. The van der Waals surface area contributed by atoms with E-state index in [9.17, 15) is 9.59 Å². The Morgan fingerprint density at radius 2 is 1.96 bits per heavy atom. The van der Waals surface area contributed by atoms with Crippen LogP contribution in [0.15, 0.2) is 29.6 Å². The number of carbonyl (C=O) groups excluding carboxylic acids is 2. The van der Waals surface area contributed by atoms with Gasteiger partial charge in [0.2, 0.25) is 0 Å². The summed E-state index contributed by atoms with van der Waals surface area (Å²) in [6, 6.07) is 6.70. The summed E-state index contributed by atoms with van der Waals surface area (Å²) >= 11 is 7.25. The van der Waals surface area contributed by atoms with Crippen molar-refractivity contribution in [1.82, 2.24) is 15.2 Å². The van der Waals surface area contributed by atoms with Crippen molar-refractivity contribution >= 4 is 40.6 Å². The number of thiazole rings is 1. The normalized spacial score (nSPS) is 10.7. The number of benzene rings is 1. The molecule has 1 heterocycles. The van der Waals surface area contributed by atoms with Crippen molar-refractivity contribution in [3.63, 3.8) is 0 Å². The average molecular weight is 409 g/mol. The van der Waals surface area contributed by atoms with Gasteiger partial charge >= 0.3 is 6.03 Å². The maximum atomic E-state index is 12.6. The van der Waals surface area contributed by atoms with Gasteiger partial charge in [0, 0.05) is 28.7 Å². The molecule has 0 atom stereocenters. The summed E-state index contributed by atoms with van der Waals surface area (Å²) < 4.78 is 0. The van der Waals surface area contributed by atoms with Gasteiger partial charge in [-0.1, -0.05) is 24.9 Å². The van der Waals surface area contributed by atoms with Gasteiger partial charge in [-0.25, -0.2) is 9.78 Å². The lowest BCUT2D eigenvalue weighted by molar-refractivity contribution is 0.0948. The molecule has 0 saturated carbocycles. The number of unbranched alkanes of at least 4 members (excludes halogenated alkanes) is 1. The van der Waals surface area contributed by atoms with Crippen LogP contribution < -0.4 is 10.6 Å². The van der Waals surface area contributed by atoms with Gasteiger partial charge in [0.25, 0.3) is 5.91 Å². The number of carbonyl (C=O) groups is 2. The lowest BCUT2D eigenvalue weighted by Crippen LogP contribution is -2.39. The molecule has 2 aromatic rings. The fourth-order valence-corrected chi connectivity index (χ4v) is 3.22. The molecular formula is C19H25ClN4O2S. The monoisotopic (exact) mass is 408 g/mol. The van der Waals surface area contributed by atoms with Crippen LogP contribution in [0.25, 0.3) is 0 Å². The van der Waals surface area contributed by atoms with Crippen molar-refractivity contribution in [3.8, 4) is 0 Å². The standard InChI is InChI=1S/C19H25ClN4O2S/c1-4-5-10-21-18(25)16-12-27-17(23-16)11-24(13(2)3)19(26)22-15-8-6-14(20)7-9-15/h6-9,12-13H,4-5,10-11H2,1-3H3,(H,21,25)(H,22,26). The number of rotatable bonds is 8. The molecule has 8 heteroatoms. The molecule has 27 heavy (non-hydrogen) atoms. The van der Waals surface area contributed by atoms with E-state index >= 15 is 0 Å². The zero-order chi connectivity index (χ0) is 19.8. The zero-order valence-corrected chi connectivity index (χ0v) is 17.4. The zero-order valence-electron chi connectivity index (χ0n) is 15.8. The van der Waals surface area contributed by atoms with Crippen LogP contribution in [-0.4, -0.2) is 34.4 Å². The molecule has 0 aliphatic rings. The van der Waals surface area contributed by atoms with Gasteiger partial charge in [-0.05, 0) is 44.5 Å². The Kier molecular flexibility index (Phi) is 8.06. The van der Waals surface area contributed by atoms with E-state index in [0.29, 0.717) is 29.5 Å². The van der Waals surface area contributed by atoms with E-state index in [1.807, 2.05) is 13.8 Å². The number of nitrogens with zero attached hydrogens (tertiary/aromatic N) is 2. The molecule has 3 amide bonds. The summed E-state index contributed by atoms with van der Waals surface area (Å²) in [5.41, 5.74) is 1.07. The molecule has 0 fully saturated rings. The van der Waals surface area contributed by atoms with Crippen LogP contribution in [0.5, 0.6) is 0 Å². The van der Waals surface area contributed by atoms with Crippen molar-refractivity contribution in [3.05, 3.63) is 45.4 Å². The number of urea groups is 1. The Labute approximate surface area is 168 Å². The van der Waals surface area contributed by atoms with Gasteiger partial charge in [-0.3, -0.25) is 4.79 Å². The van der Waals surface area contributed by atoms with E-state index < -0.39 is 0 Å². The van der Waals surface area contributed by atoms with Crippen molar-refractivity contribution in [2.75, 3.05) is 11.9 Å². The number of halogens is 1. The van der Waals surface area contributed by atoms with E-state index in [4.69, 9.17) is 11.6 Å². The molecule has 0 aliphatic carbocycles. The van der Waals surface area contributed by atoms with Gasteiger partial charge in [0.1, 0.15) is 10.7 Å². The second kappa shape index (κ2) is 10.3. The Balaban J connectivity index is 2.00. The minimum Gasteiger partial charge on any atom is -0.351 e. The van der Waals surface area contributed by atoms with Crippen LogP contribution in [-0.2, 0) is 6.54 Å². The minimum absolute atomic E-state index is 0.0250. The largest absolute Gasteiger partial charge is 0.351 e. The third kappa shape index (κ3) is 6.52. The van der Waals surface area contributed by atoms with Gasteiger partial charge in [0.15, 0.2) is 0 Å². The number of hydrogen-bond acceptors (Lipinski definition) is 4. The van der Waals surface area contributed by atoms with E-state index in [0.717, 1.165) is 17.8 Å². The number of nitrogens with one attached hydrogen (secondary N) is 2. The molecule has 1 aromatic carbocycles. The molecule has 0 aliphatic heterocycles. The number of anilines is 1. The molecule has 146 valence electrons. The molecule has 1 aromatic heterocycles. The van der Waals surface area contributed by atoms with Gasteiger partial charge in [-0.15, -0.1) is 11.3 Å². The maximum absolute atomic E-state index is 12.6. The highest BCUT2D eigenvalue weighted by atomic mass is 35.5. The summed E-state index contributed by atoms with van der Waals surface area (Å²) in [6.07, 6.45) is 1.96. The third-order valence-corrected chi connectivity index (χ3v) is 4.97. The molecule has 2 rings (SSSR count). The van der Waals surface area contributed by atoms with Crippen LogP contribution in [0.3, 0.4) is 0 Å². The number of amides is 3. The molecule has 0 bridgehead atoms. The first-order chi connectivity index (χ1) is 12.9. The van der Waals surface area contributed by atoms with E-state index in [2.05, 4.69) is 22.5 Å². The van der Waals surface area contributed by atoms with Crippen molar-refractivity contribution in [2.45, 2.75) is 46.2 Å². The predicted molar refractivity (Wildman–Crippen MR) is 111 cm³/mol. The molecule has 0 unspecified atom stereocenters. The fourth-order valence-electron chi connectivity index (χ4n) is 2.32. The minimum atomic E-state index is -0.225. The Morgan fingerprint density at radius 1 is 1.26 bits per heavy atom. The van der Waals surface area contributed by atoms with Crippen LogP contribution in [0.2, 0.25) is 5.02 Å².